The first-order chi connectivity index (χ1) is 14.1. The number of sulfonamides is 1. The summed E-state index contributed by atoms with van der Waals surface area (Å²) in [6, 6.07) is 7.90. The summed E-state index contributed by atoms with van der Waals surface area (Å²) in [6.45, 7) is 9.24. The van der Waals surface area contributed by atoms with Gasteiger partial charge in [0.2, 0.25) is 15.9 Å². The molecular formula is C22H35N3O4S. The molecule has 1 amide bonds. The number of ether oxygens (including phenoxy) is 1. The maximum atomic E-state index is 12.7. The Bertz CT molecular complexity index is 807. The standard InChI is InChI=1S/C22H35N3O4S/c1-15(2)30(27,28)24-20-7-5-18(6-8-20)22(26)23-19-9-11-21(12-10-19)25-13-16(3)29-17(4)14-25/h9-12,15-18,20,24H,5-8,13-14H2,1-4H3,(H,23,26)/t16-,17-,18-,20-/m1/s1. The number of anilines is 2. The minimum Gasteiger partial charge on any atom is -0.372 e. The van der Waals surface area contributed by atoms with Crippen LogP contribution in [0.1, 0.15) is 53.4 Å². The Morgan fingerprint density at radius 3 is 2.13 bits per heavy atom. The van der Waals surface area contributed by atoms with Crippen molar-refractivity contribution < 1.29 is 17.9 Å². The maximum absolute atomic E-state index is 12.7. The Balaban J connectivity index is 1.50. The summed E-state index contributed by atoms with van der Waals surface area (Å²) in [4.78, 5) is 15.0. The van der Waals surface area contributed by atoms with Crippen molar-refractivity contribution in [1.29, 1.82) is 0 Å². The minimum atomic E-state index is -3.27. The van der Waals surface area contributed by atoms with Crippen LogP contribution in [0.25, 0.3) is 0 Å². The molecule has 2 atom stereocenters. The molecule has 7 nitrogen and oxygen atoms in total. The molecule has 3 rings (SSSR count). The molecule has 1 aliphatic heterocycles. The molecule has 0 radical (unpaired) electrons. The van der Waals surface area contributed by atoms with Crippen molar-refractivity contribution in [2.75, 3.05) is 23.3 Å². The number of morpholine rings is 1. The van der Waals surface area contributed by atoms with Gasteiger partial charge in [-0.05, 0) is 77.6 Å². The van der Waals surface area contributed by atoms with Crippen LogP contribution in [0.4, 0.5) is 11.4 Å². The molecule has 1 aromatic rings. The van der Waals surface area contributed by atoms with Crippen molar-refractivity contribution in [2.45, 2.75) is 76.9 Å². The van der Waals surface area contributed by atoms with E-state index >= 15 is 0 Å². The predicted molar refractivity (Wildman–Crippen MR) is 120 cm³/mol. The van der Waals surface area contributed by atoms with Crippen LogP contribution in [0.3, 0.4) is 0 Å². The van der Waals surface area contributed by atoms with Crippen LogP contribution in [-0.4, -0.2) is 50.9 Å². The first kappa shape index (κ1) is 23.0. The highest BCUT2D eigenvalue weighted by Gasteiger charge is 2.29. The second-order valence-corrected chi connectivity index (χ2v) is 11.2. The van der Waals surface area contributed by atoms with Gasteiger partial charge in [0.15, 0.2) is 0 Å². The number of nitrogens with zero attached hydrogens (tertiary/aromatic N) is 1. The van der Waals surface area contributed by atoms with E-state index in [4.69, 9.17) is 4.74 Å². The van der Waals surface area contributed by atoms with Crippen LogP contribution in [-0.2, 0) is 19.6 Å². The fourth-order valence-electron chi connectivity index (χ4n) is 4.23. The molecule has 0 bridgehead atoms. The first-order valence-corrected chi connectivity index (χ1v) is 12.5. The van der Waals surface area contributed by atoms with E-state index in [1.165, 1.54) is 0 Å². The molecule has 1 aromatic carbocycles. The zero-order valence-corrected chi connectivity index (χ0v) is 19.2. The highest BCUT2D eigenvalue weighted by molar-refractivity contribution is 7.90. The van der Waals surface area contributed by atoms with Gasteiger partial charge in [-0.25, -0.2) is 13.1 Å². The molecular weight excluding hydrogens is 402 g/mol. The number of hydrogen-bond donors (Lipinski definition) is 2. The van der Waals surface area contributed by atoms with Crippen molar-refractivity contribution in [2.24, 2.45) is 5.92 Å². The van der Waals surface area contributed by atoms with Crippen LogP contribution in [0.2, 0.25) is 0 Å². The molecule has 1 aliphatic carbocycles. The van der Waals surface area contributed by atoms with E-state index in [1.54, 1.807) is 13.8 Å². The van der Waals surface area contributed by atoms with Gasteiger partial charge in [-0.2, -0.15) is 0 Å². The third-order valence-corrected chi connectivity index (χ3v) is 7.87. The van der Waals surface area contributed by atoms with E-state index in [0.29, 0.717) is 25.7 Å². The Morgan fingerprint density at radius 2 is 1.60 bits per heavy atom. The molecule has 1 saturated heterocycles. The SMILES string of the molecule is CC(C)S(=O)(=O)N[C@H]1CC[C@H](C(=O)Nc2ccc(N3C[C@@H](C)O[C@H](C)C3)cc2)CC1. The Kier molecular flexibility index (Phi) is 7.42. The van der Waals surface area contributed by atoms with E-state index in [1.807, 2.05) is 24.3 Å². The molecule has 0 spiro atoms. The van der Waals surface area contributed by atoms with Gasteiger partial charge in [0.05, 0.1) is 17.5 Å². The van der Waals surface area contributed by atoms with Crippen molar-refractivity contribution in [3.63, 3.8) is 0 Å². The monoisotopic (exact) mass is 437 g/mol. The fraction of sp³-hybridized carbons (Fsp3) is 0.682. The van der Waals surface area contributed by atoms with E-state index in [0.717, 1.165) is 24.5 Å². The van der Waals surface area contributed by atoms with Crippen molar-refractivity contribution in [1.82, 2.24) is 4.72 Å². The lowest BCUT2D eigenvalue weighted by Gasteiger charge is -2.36. The van der Waals surface area contributed by atoms with Gasteiger partial charge in [-0.3, -0.25) is 4.79 Å². The smallest absolute Gasteiger partial charge is 0.227 e. The Hall–Kier alpha value is -1.64. The second kappa shape index (κ2) is 9.66. The number of nitrogens with one attached hydrogen (secondary N) is 2. The molecule has 0 aromatic heterocycles. The first-order valence-electron chi connectivity index (χ1n) is 11.0. The zero-order chi connectivity index (χ0) is 21.9. The van der Waals surface area contributed by atoms with Crippen LogP contribution in [0.5, 0.6) is 0 Å². The molecule has 8 heteroatoms. The number of carbonyl (C=O) groups is 1. The van der Waals surface area contributed by atoms with Gasteiger partial charge in [0.25, 0.3) is 0 Å². The molecule has 2 fully saturated rings. The van der Waals surface area contributed by atoms with Gasteiger partial charge >= 0.3 is 0 Å². The van der Waals surface area contributed by atoms with Gasteiger partial charge in [-0.1, -0.05) is 0 Å². The van der Waals surface area contributed by atoms with Crippen molar-refractivity contribution in [3.8, 4) is 0 Å². The van der Waals surface area contributed by atoms with Gasteiger partial charge in [0.1, 0.15) is 0 Å². The van der Waals surface area contributed by atoms with Crippen LogP contribution >= 0.6 is 0 Å². The lowest BCUT2D eigenvalue weighted by atomic mass is 9.86. The van der Waals surface area contributed by atoms with E-state index in [-0.39, 0.29) is 30.1 Å². The highest BCUT2D eigenvalue weighted by Crippen LogP contribution is 2.27. The van der Waals surface area contributed by atoms with E-state index in [2.05, 4.69) is 28.8 Å². The van der Waals surface area contributed by atoms with Crippen LogP contribution < -0.4 is 14.9 Å². The predicted octanol–water partition coefficient (Wildman–Crippen LogP) is 3.13. The zero-order valence-electron chi connectivity index (χ0n) is 18.4. The Labute approximate surface area is 180 Å². The average Bonchev–Trinajstić information content (AvgIpc) is 2.68. The number of carbonyl (C=O) groups excluding carboxylic acids is 1. The van der Waals surface area contributed by atoms with Gasteiger partial charge < -0.3 is 15.0 Å². The number of hydrogen-bond acceptors (Lipinski definition) is 5. The summed E-state index contributed by atoms with van der Waals surface area (Å²) >= 11 is 0. The quantitative estimate of drug-likeness (QED) is 0.714. The summed E-state index contributed by atoms with van der Waals surface area (Å²) in [5.41, 5.74) is 1.92. The molecule has 2 N–H and O–H groups in total. The summed E-state index contributed by atoms with van der Waals surface area (Å²) in [5.74, 6) is -0.0630. The second-order valence-electron chi connectivity index (χ2n) is 8.96. The van der Waals surface area contributed by atoms with Gasteiger partial charge in [0, 0.05) is 36.4 Å². The molecule has 2 aliphatic rings. The van der Waals surface area contributed by atoms with Crippen LogP contribution in [0, 0.1) is 5.92 Å². The third kappa shape index (κ3) is 5.95. The summed E-state index contributed by atoms with van der Waals surface area (Å²) in [6.07, 6.45) is 3.17. The molecule has 168 valence electrons. The largest absolute Gasteiger partial charge is 0.372 e. The van der Waals surface area contributed by atoms with E-state index in [9.17, 15) is 13.2 Å². The molecule has 0 unspecified atom stereocenters. The summed E-state index contributed by atoms with van der Waals surface area (Å²) in [5, 5.41) is 2.58. The van der Waals surface area contributed by atoms with Crippen LogP contribution in [0.15, 0.2) is 24.3 Å². The lowest BCUT2D eigenvalue weighted by Crippen LogP contribution is -2.45. The summed E-state index contributed by atoms with van der Waals surface area (Å²) < 4.78 is 32.6. The molecule has 1 heterocycles. The third-order valence-electron chi connectivity index (χ3n) is 5.97. The normalized spacial score (nSPS) is 27.8. The fourth-order valence-corrected chi connectivity index (χ4v) is 5.20. The van der Waals surface area contributed by atoms with Gasteiger partial charge in [-0.15, -0.1) is 0 Å². The van der Waals surface area contributed by atoms with E-state index < -0.39 is 15.3 Å². The lowest BCUT2D eigenvalue weighted by molar-refractivity contribution is -0.120. The average molecular weight is 438 g/mol. The molecule has 1 saturated carbocycles. The maximum Gasteiger partial charge on any atom is 0.227 e. The number of rotatable bonds is 6. The topological polar surface area (TPSA) is 87.7 Å². The minimum absolute atomic E-state index is 0.0153. The number of benzene rings is 1. The molecule has 30 heavy (non-hydrogen) atoms. The van der Waals surface area contributed by atoms with Crippen molar-refractivity contribution in [3.05, 3.63) is 24.3 Å². The highest BCUT2D eigenvalue weighted by atomic mass is 32.2. The number of amides is 1. The Morgan fingerprint density at radius 1 is 1.03 bits per heavy atom. The summed E-state index contributed by atoms with van der Waals surface area (Å²) in [7, 11) is -3.27. The van der Waals surface area contributed by atoms with Crippen molar-refractivity contribution >= 4 is 27.3 Å².